The molecule has 0 fully saturated rings. The van der Waals surface area contributed by atoms with Crippen molar-refractivity contribution >= 4 is 11.7 Å². The van der Waals surface area contributed by atoms with Gasteiger partial charge in [0.25, 0.3) is 5.91 Å². The van der Waals surface area contributed by atoms with E-state index < -0.39 is 23.5 Å². The first kappa shape index (κ1) is 17.8. The van der Waals surface area contributed by atoms with E-state index in [1.807, 2.05) is 0 Å². The molecule has 3 rings (SSSR count). The highest BCUT2D eigenvalue weighted by Crippen LogP contribution is 2.39. The Morgan fingerprint density at radius 1 is 1.27 bits per heavy atom. The Morgan fingerprint density at radius 2 is 2.08 bits per heavy atom. The lowest BCUT2D eigenvalue weighted by Crippen LogP contribution is -2.34. The standard InChI is InChI=1S/C19H19NO6/c1-24-10-8-20-16(12-5-3-6-13(11-12)25-2)15(18(22)19(20)23)17(21)14-7-4-9-26-14/h3-7,9,11,16,22H,8,10H2,1-2H3. The van der Waals surface area contributed by atoms with Gasteiger partial charge in [-0.3, -0.25) is 9.59 Å². The monoisotopic (exact) mass is 357 g/mol. The summed E-state index contributed by atoms with van der Waals surface area (Å²) in [5, 5.41) is 10.4. The molecule has 0 spiro atoms. The number of nitrogens with zero attached hydrogens (tertiary/aromatic N) is 1. The number of benzene rings is 1. The molecule has 1 N–H and O–H groups in total. The molecule has 1 aliphatic rings. The summed E-state index contributed by atoms with van der Waals surface area (Å²) < 4.78 is 15.5. The van der Waals surface area contributed by atoms with Gasteiger partial charge in [0.2, 0.25) is 5.78 Å². The van der Waals surface area contributed by atoms with Crippen LogP contribution >= 0.6 is 0 Å². The molecule has 0 aliphatic carbocycles. The van der Waals surface area contributed by atoms with Crippen LogP contribution in [0.2, 0.25) is 0 Å². The van der Waals surface area contributed by atoms with Crippen molar-refractivity contribution in [2.75, 3.05) is 27.4 Å². The van der Waals surface area contributed by atoms with Crippen molar-refractivity contribution in [1.82, 2.24) is 4.90 Å². The van der Waals surface area contributed by atoms with Gasteiger partial charge in [-0.05, 0) is 29.8 Å². The molecule has 2 heterocycles. The second-order valence-corrected chi connectivity index (χ2v) is 5.74. The number of carbonyl (C=O) groups excluding carboxylic acids is 2. The van der Waals surface area contributed by atoms with Crippen molar-refractivity contribution in [2.45, 2.75) is 6.04 Å². The summed E-state index contributed by atoms with van der Waals surface area (Å²) in [6.45, 7) is 0.484. The minimum atomic E-state index is -0.759. The quantitative estimate of drug-likeness (QED) is 0.766. The summed E-state index contributed by atoms with van der Waals surface area (Å²) in [5.74, 6) is -1.09. The molecule has 26 heavy (non-hydrogen) atoms. The SMILES string of the molecule is COCCN1C(=O)C(O)=C(C(=O)c2ccco2)C1c1cccc(OC)c1. The molecule has 1 aliphatic heterocycles. The predicted molar refractivity (Wildman–Crippen MR) is 92.0 cm³/mol. The lowest BCUT2D eigenvalue weighted by molar-refractivity contribution is -0.130. The lowest BCUT2D eigenvalue weighted by Gasteiger charge is -2.26. The summed E-state index contributed by atoms with van der Waals surface area (Å²) in [5.41, 5.74) is 0.627. The first-order chi connectivity index (χ1) is 12.6. The number of carbonyl (C=O) groups is 2. The van der Waals surface area contributed by atoms with Crippen LogP contribution in [0.5, 0.6) is 5.75 Å². The number of hydrogen-bond donors (Lipinski definition) is 1. The smallest absolute Gasteiger partial charge is 0.290 e. The summed E-state index contributed by atoms with van der Waals surface area (Å²) in [6, 6.07) is 9.33. The first-order valence-electron chi connectivity index (χ1n) is 8.03. The third-order valence-corrected chi connectivity index (χ3v) is 4.24. The van der Waals surface area contributed by atoms with Crippen LogP contribution in [0.3, 0.4) is 0 Å². The molecule has 0 bridgehead atoms. The van der Waals surface area contributed by atoms with Gasteiger partial charge >= 0.3 is 0 Å². The van der Waals surface area contributed by atoms with Crippen molar-refractivity contribution in [2.24, 2.45) is 0 Å². The molecule has 136 valence electrons. The average Bonchev–Trinajstić information content (AvgIpc) is 3.28. The largest absolute Gasteiger partial charge is 0.503 e. The van der Waals surface area contributed by atoms with E-state index in [4.69, 9.17) is 13.9 Å². The van der Waals surface area contributed by atoms with Crippen molar-refractivity contribution < 1.29 is 28.6 Å². The Labute approximate surface area is 150 Å². The molecular weight excluding hydrogens is 338 g/mol. The Bertz CT molecular complexity index is 839. The predicted octanol–water partition coefficient (Wildman–Crippen LogP) is 2.51. The highest BCUT2D eigenvalue weighted by atomic mass is 16.5. The van der Waals surface area contributed by atoms with Gasteiger partial charge in [0.15, 0.2) is 11.5 Å². The van der Waals surface area contributed by atoms with Crippen LogP contribution in [0.15, 0.2) is 58.4 Å². The van der Waals surface area contributed by atoms with Gasteiger partial charge in [-0.25, -0.2) is 0 Å². The Morgan fingerprint density at radius 3 is 2.73 bits per heavy atom. The molecule has 7 nitrogen and oxygen atoms in total. The van der Waals surface area contributed by atoms with E-state index in [2.05, 4.69) is 0 Å². The maximum absolute atomic E-state index is 12.9. The second kappa shape index (κ2) is 7.45. The van der Waals surface area contributed by atoms with Crippen molar-refractivity contribution in [3.05, 3.63) is 65.3 Å². The summed E-state index contributed by atoms with van der Waals surface area (Å²) in [7, 11) is 3.05. The Hall–Kier alpha value is -3.06. The van der Waals surface area contributed by atoms with Gasteiger partial charge in [0.1, 0.15) is 5.75 Å². The fourth-order valence-corrected chi connectivity index (χ4v) is 3.00. The van der Waals surface area contributed by atoms with Crippen LogP contribution in [0, 0.1) is 0 Å². The highest BCUT2D eigenvalue weighted by Gasteiger charge is 2.44. The van der Waals surface area contributed by atoms with Gasteiger partial charge < -0.3 is 23.9 Å². The zero-order chi connectivity index (χ0) is 18.7. The Balaban J connectivity index is 2.08. The Kier molecular flexibility index (Phi) is 5.09. The summed E-state index contributed by atoms with van der Waals surface area (Å²) in [4.78, 5) is 26.9. The van der Waals surface area contributed by atoms with Gasteiger partial charge in [0, 0.05) is 13.7 Å². The van der Waals surface area contributed by atoms with E-state index in [-0.39, 0.29) is 24.5 Å². The minimum Gasteiger partial charge on any atom is -0.503 e. The molecule has 1 aromatic carbocycles. The number of hydrogen-bond acceptors (Lipinski definition) is 6. The zero-order valence-corrected chi connectivity index (χ0v) is 14.5. The van der Waals surface area contributed by atoms with E-state index in [1.54, 1.807) is 30.3 Å². The topological polar surface area (TPSA) is 89.2 Å². The third kappa shape index (κ3) is 3.09. The number of furan rings is 1. The molecule has 1 amide bonds. The van der Waals surface area contributed by atoms with Crippen LogP contribution in [0.25, 0.3) is 0 Å². The summed E-state index contributed by atoms with van der Waals surface area (Å²) >= 11 is 0. The number of ketones is 1. The third-order valence-electron chi connectivity index (χ3n) is 4.24. The molecule has 2 aromatic rings. The van der Waals surface area contributed by atoms with Crippen LogP contribution in [-0.2, 0) is 9.53 Å². The van der Waals surface area contributed by atoms with Crippen molar-refractivity contribution in [3.63, 3.8) is 0 Å². The number of ether oxygens (including phenoxy) is 2. The lowest BCUT2D eigenvalue weighted by atomic mass is 9.95. The van der Waals surface area contributed by atoms with Gasteiger partial charge in [-0.1, -0.05) is 12.1 Å². The van der Waals surface area contributed by atoms with E-state index in [9.17, 15) is 14.7 Å². The minimum absolute atomic E-state index is 0.0192. The molecule has 1 unspecified atom stereocenters. The molecule has 1 aromatic heterocycles. The normalized spacial score (nSPS) is 17.1. The van der Waals surface area contributed by atoms with Crippen molar-refractivity contribution in [1.29, 1.82) is 0 Å². The van der Waals surface area contributed by atoms with Crippen LogP contribution < -0.4 is 4.74 Å². The van der Waals surface area contributed by atoms with Crippen LogP contribution in [0.1, 0.15) is 22.2 Å². The van der Waals surface area contributed by atoms with Crippen LogP contribution in [-0.4, -0.2) is 49.1 Å². The molecule has 0 saturated heterocycles. The maximum Gasteiger partial charge on any atom is 0.290 e. The second-order valence-electron chi connectivity index (χ2n) is 5.74. The molecule has 0 saturated carbocycles. The van der Waals surface area contributed by atoms with Gasteiger partial charge in [-0.2, -0.15) is 0 Å². The number of amides is 1. The number of rotatable bonds is 7. The summed E-state index contributed by atoms with van der Waals surface area (Å²) in [6.07, 6.45) is 1.37. The number of aliphatic hydroxyl groups is 1. The number of Topliss-reactive ketones (excluding diaryl/α,β-unsaturated/α-hetero) is 1. The van der Waals surface area contributed by atoms with Crippen LogP contribution in [0.4, 0.5) is 0 Å². The number of aliphatic hydroxyl groups excluding tert-OH is 1. The highest BCUT2D eigenvalue weighted by molar-refractivity contribution is 6.15. The van der Waals surface area contributed by atoms with E-state index in [0.29, 0.717) is 11.3 Å². The molecular formula is C19H19NO6. The van der Waals surface area contributed by atoms with E-state index in [0.717, 1.165) is 0 Å². The maximum atomic E-state index is 12.9. The first-order valence-corrected chi connectivity index (χ1v) is 8.03. The molecule has 0 radical (unpaired) electrons. The van der Waals surface area contributed by atoms with Gasteiger partial charge in [-0.15, -0.1) is 0 Å². The molecule has 1 atom stereocenters. The average molecular weight is 357 g/mol. The van der Waals surface area contributed by atoms with E-state index >= 15 is 0 Å². The fraction of sp³-hybridized carbons (Fsp3) is 0.263. The number of methoxy groups -OCH3 is 2. The van der Waals surface area contributed by atoms with Gasteiger partial charge in [0.05, 0.1) is 31.6 Å². The fourth-order valence-electron chi connectivity index (χ4n) is 3.00. The zero-order valence-electron chi connectivity index (χ0n) is 14.5. The van der Waals surface area contributed by atoms with Crippen molar-refractivity contribution in [3.8, 4) is 5.75 Å². The molecule has 7 heteroatoms. The van der Waals surface area contributed by atoms with E-state index in [1.165, 1.54) is 31.4 Å².